The Bertz CT molecular complexity index is 1030. The molecule has 0 amide bonds. The van der Waals surface area contributed by atoms with Gasteiger partial charge in [0.15, 0.2) is 0 Å². The Balaban J connectivity index is 1.76. The van der Waals surface area contributed by atoms with Crippen LogP contribution < -0.4 is 0 Å². The standard InChI is InChI=1S/C18H15N5S/c1-11-15(8-19-18-17(11)23(22-21-18)12-6-7-12)13-4-2-3-5-14(13)16-9-24-10-20-16/h2-5,8-10,12H,6-7H2,1H3. The summed E-state index contributed by atoms with van der Waals surface area (Å²) in [4.78, 5) is 9.04. The van der Waals surface area contributed by atoms with Gasteiger partial charge in [-0.3, -0.25) is 0 Å². The minimum atomic E-state index is 0.486. The number of nitrogens with zero attached hydrogens (tertiary/aromatic N) is 5. The Morgan fingerprint density at radius 3 is 2.67 bits per heavy atom. The number of hydrogen-bond donors (Lipinski definition) is 0. The third-order valence-corrected chi connectivity index (χ3v) is 5.16. The van der Waals surface area contributed by atoms with Crippen LogP contribution in [0.1, 0.15) is 24.4 Å². The lowest BCUT2D eigenvalue weighted by Crippen LogP contribution is -1.99. The monoisotopic (exact) mass is 333 g/mol. The highest BCUT2D eigenvalue weighted by Crippen LogP contribution is 2.39. The first-order valence-electron chi connectivity index (χ1n) is 8.01. The number of hydrogen-bond acceptors (Lipinski definition) is 5. The summed E-state index contributed by atoms with van der Waals surface area (Å²) in [5.41, 5.74) is 9.25. The van der Waals surface area contributed by atoms with E-state index in [0.717, 1.165) is 33.5 Å². The number of aryl methyl sites for hydroxylation is 1. The first kappa shape index (κ1) is 13.8. The molecule has 0 unspecified atom stereocenters. The highest BCUT2D eigenvalue weighted by Gasteiger charge is 2.28. The Morgan fingerprint density at radius 2 is 1.92 bits per heavy atom. The van der Waals surface area contributed by atoms with Crippen molar-refractivity contribution in [2.24, 2.45) is 0 Å². The molecule has 4 aromatic rings. The number of pyridine rings is 1. The van der Waals surface area contributed by atoms with E-state index in [-0.39, 0.29) is 0 Å². The summed E-state index contributed by atoms with van der Waals surface area (Å²) in [6, 6.07) is 8.85. The van der Waals surface area contributed by atoms with Crippen LogP contribution in [0.25, 0.3) is 33.5 Å². The summed E-state index contributed by atoms with van der Waals surface area (Å²) in [6.07, 6.45) is 4.27. The van der Waals surface area contributed by atoms with Crippen molar-refractivity contribution in [2.45, 2.75) is 25.8 Å². The van der Waals surface area contributed by atoms with Gasteiger partial charge in [-0.15, -0.1) is 16.4 Å². The van der Waals surface area contributed by atoms with Gasteiger partial charge in [-0.2, -0.15) is 0 Å². The molecule has 0 spiro atoms. The van der Waals surface area contributed by atoms with Crippen LogP contribution in [0.5, 0.6) is 0 Å². The molecule has 5 nitrogen and oxygen atoms in total. The molecule has 0 saturated heterocycles. The van der Waals surface area contributed by atoms with E-state index in [2.05, 4.69) is 56.8 Å². The molecule has 1 aliphatic carbocycles. The fourth-order valence-corrected chi connectivity index (χ4v) is 3.75. The normalized spacial score (nSPS) is 14.4. The quantitative estimate of drug-likeness (QED) is 0.562. The molecule has 6 heteroatoms. The molecule has 0 radical (unpaired) electrons. The molecule has 1 aliphatic rings. The van der Waals surface area contributed by atoms with Gasteiger partial charge in [-0.25, -0.2) is 14.6 Å². The van der Waals surface area contributed by atoms with E-state index in [1.54, 1.807) is 11.3 Å². The topological polar surface area (TPSA) is 56.5 Å². The van der Waals surface area contributed by atoms with E-state index < -0.39 is 0 Å². The first-order valence-corrected chi connectivity index (χ1v) is 8.95. The second kappa shape index (κ2) is 5.21. The van der Waals surface area contributed by atoms with Crippen molar-refractivity contribution in [3.63, 3.8) is 0 Å². The fourth-order valence-electron chi connectivity index (χ4n) is 3.19. The Kier molecular flexibility index (Phi) is 2.99. The molecular formula is C18H15N5S. The minimum absolute atomic E-state index is 0.486. The number of benzene rings is 1. The molecule has 0 aliphatic heterocycles. The van der Waals surface area contributed by atoms with E-state index in [1.807, 2.05) is 16.4 Å². The van der Waals surface area contributed by atoms with Crippen molar-refractivity contribution in [2.75, 3.05) is 0 Å². The zero-order chi connectivity index (χ0) is 16.1. The summed E-state index contributed by atoms with van der Waals surface area (Å²) in [5.74, 6) is 0. The van der Waals surface area contributed by atoms with Crippen LogP contribution in [0.4, 0.5) is 0 Å². The van der Waals surface area contributed by atoms with Crippen molar-refractivity contribution >= 4 is 22.5 Å². The van der Waals surface area contributed by atoms with E-state index >= 15 is 0 Å². The molecular weight excluding hydrogens is 318 g/mol. The number of fused-ring (bicyclic) bond motifs is 1. The van der Waals surface area contributed by atoms with E-state index in [0.29, 0.717) is 6.04 Å². The second-order valence-corrected chi connectivity index (χ2v) is 6.87. The molecule has 24 heavy (non-hydrogen) atoms. The van der Waals surface area contributed by atoms with Gasteiger partial charge in [0.2, 0.25) is 5.65 Å². The molecule has 118 valence electrons. The van der Waals surface area contributed by atoms with Crippen molar-refractivity contribution in [3.8, 4) is 22.4 Å². The van der Waals surface area contributed by atoms with E-state index in [1.165, 1.54) is 18.4 Å². The lowest BCUT2D eigenvalue weighted by Gasteiger charge is -2.11. The van der Waals surface area contributed by atoms with Gasteiger partial charge in [0.1, 0.15) is 5.52 Å². The summed E-state index contributed by atoms with van der Waals surface area (Å²) < 4.78 is 2.05. The van der Waals surface area contributed by atoms with Gasteiger partial charge in [0, 0.05) is 22.7 Å². The highest BCUT2D eigenvalue weighted by atomic mass is 32.1. The molecule has 0 atom stereocenters. The maximum absolute atomic E-state index is 4.56. The van der Waals surface area contributed by atoms with Gasteiger partial charge in [0.25, 0.3) is 0 Å². The smallest absolute Gasteiger partial charge is 0.202 e. The molecule has 5 rings (SSSR count). The van der Waals surface area contributed by atoms with E-state index in [9.17, 15) is 0 Å². The summed E-state index contributed by atoms with van der Waals surface area (Å²) in [7, 11) is 0. The van der Waals surface area contributed by atoms with Crippen LogP contribution in [0, 0.1) is 6.92 Å². The third-order valence-electron chi connectivity index (χ3n) is 4.57. The molecule has 1 saturated carbocycles. The van der Waals surface area contributed by atoms with Crippen LogP contribution in [0.2, 0.25) is 0 Å². The summed E-state index contributed by atoms with van der Waals surface area (Å²) >= 11 is 1.61. The number of aromatic nitrogens is 5. The summed E-state index contributed by atoms with van der Waals surface area (Å²) in [5, 5.41) is 10.6. The Labute approximate surface area is 143 Å². The first-order chi connectivity index (χ1) is 11.8. The fraction of sp³-hybridized carbons (Fsp3) is 0.222. The third kappa shape index (κ3) is 2.06. The maximum Gasteiger partial charge on any atom is 0.202 e. The SMILES string of the molecule is Cc1c(-c2ccccc2-c2cscn2)cnc2nnn(C3CC3)c12. The van der Waals surface area contributed by atoms with Gasteiger partial charge in [-0.1, -0.05) is 29.5 Å². The van der Waals surface area contributed by atoms with Crippen LogP contribution in [-0.2, 0) is 0 Å². The van der Waals surface area contributed by atoms with Gasteiger partial charge >= 0.3 is 0 Å². The van der Waals surface area contributed by atoms with Crippen molar-refractivity contribution in [1.29, 1.82) is 0 Å². The predicted octanol–water partition coefficient (Wildman–Crippen LogP) is 4.26. The zero-order valence-electron chi connectivity index (χ0n) is 13.2. The highest BCUT2D eigenvalue weighted by molar-refractivity contribution is 7.07. The lowest BCUT2D eigenvalue weighted by atomic mass is 9.96. The average molecular weight is 333 g/mol. The summed E-state index contributed by atoms with van der Waals surface area (Å²) in [6.45, 7) is 2.14. The molecule has 0 bridgehead atoms. The van der Waals surface area contributed by atoms with Gasteiger partial charge < -0.3 is 0 Å². The van der Waals surface area contributed by atoms with E-state index in [4.69, 9.17) is 0 Å². The number of thiazole rings is 1. The maximum atomic E-state index is 4.56. The second-order valence-electron chi connectivity index (χ2n) is 6.15. The van der Waals surface area contributed by atoms with Crippen LogP contribution in [0.3, 0.4) is 0 Å². The molecule has 1 aromatic carbocycles. The molecule has 3 heterocycles. The van der Waals surface area contributed by atoms with Gasteiger partial charge in [-0.05, 0) is 30.9 Å². The van der Waals surface area contributed by atoms with Crippen molar-refractivity contribution < 1.29 is 0 Å². The molecule has 1 fully saturated rings. The zero-order valence-corrected chi connectivity index (χ0v) is 14.0. The Morgan fingerprint density at radius 1 is 1.08 bits per heavy atom. The van der Waals surface area contributed by atoms with Crippen LogP contribution in [0.15, 0.2) is 41.4 Å². The van der Waals surface area contributed by atoms with Crippen molar-refractivity contribution in [1.82, 2.24) is 25.0 Å². The Hall–Kier alpha value is -2.60. The molecule has 3 aromatic heterocycles. The van der Waals surface area contributed by atoms with Gasteiger partial charge in [0.05, 0.1) is 17.2 Å². The lowest BCUT2D eigenvalue weighted by molar-refractivity contribution is 0.629. The minimum Gasteiger partial charge on any atom is -0.245 e. The predicted molar refractivity (Wildman–Crippen MR) is 94.9 cm³/mol. The van der Waals surface area contributed by atoms with Crippen LogP contribution in [-0.4, -0.2) is 25.0 Å². The molecule has 0 N–H and O–H groups in total. The largest absolute Gasteiger partial charge is 0.245 e. The van der Waals surface area contributed by atoms with Crippen LogP contribution >= 0.6 is 11.3 Å². The average Bonchev–Trinajstić information content (AvgIpc) is 3.13. The van der Waals surface area contributed by atoms with Crippen molar-refractivity contribution in [3.05, 3.63) is 46.9 Å². The number of rotatable bonds is 3.